The first-order valence-corrected chi connectivity index (χ1v) is 11.1. The summed E-state index contributed by atoms with van der Waals surface area (Å²) in [6.07, 6.45) is 0.598. The molecule has 6 nitrogen and oxygen atoms in total. The molecule has 0 saturated carbocycles. The first-order valence-electron chi connectivity index (χ1n) is 9.09. The normalized spacial score (nSPS) is 16.9. The Kier molecular flexibility index (Phi) is 6.27. The predicted molar refractivity (Wildman–Crippen MR) is 112 cm³/mol. The van der Waals surface area contributed by atoms with E-state index in [0.29, 0.717) is 35.8 Å². The average Bonchev–Trinajstić information content (AvgIpc) is 3.02. The fourth-order valence-corrected chi connectivity index (χ4v) is 5.16. The molecule has 3 rings (SSSR count). The number of halogens is 1. The lowest BCUT2D eigenvalue weighted by molar-refractivity contribution is 0.0942. The summed E-state index contributed by atoms with van der Waals surface area (Å²) < 4.78 is 25.6. The van der Waals surface area contributed by atoms with Gasteiger partial charge in [0.25, 0.3) is 5.91 Å². The fourth-order valence-electron chi connectivity index (χ4n) is 3.34. The number of amides is 1. The third kappa shape index (κ3) is 4.48. The van der Waals surface area contributed by atoms with Gasteiger partial charge < -0.3 is 10.2 Å². The van der Waals surface area contributed by atoms with Crippen molar-refractivity contribution in [2.75, 3.05) is 37.2 Å². The molecule has 2 aromatic carbocycles. The van der Waals surface area contributed by atoms with E-state index in [4.69, 9.17) is 11.6 Å². The van der Waals surface area contributed by atoms with Crippen molar-refractivity contribution in [1.82, 2.24) is 10.2 Å². The number of benzene rings is 2. The molecule has 0 bridgehead atoms. The minimum atomic E-state index is -3.28. The SMILES string of the molecule is CN(C)C(CNC(=O)c1cccc(N2CCCS2(=O)=O)c1)c1ccccc1Cl. The van der Waals surface area contributed by atoms with E-state index in [2.05, 4.69) is 5.32 Å². The number of sulfonamides is 1. The maximum absolute atomic E-state index is 12.7. The molecule has 2 aromatic rings. The third-order valence-corrected chi connectivity index (χ3v) is 7.05. The number of nitrogens with one attached hydrogen (secondary N) is 1. The molecule has 0 aromatic heterocycles. The molecular weight excluding hydrogens is 398 g/mol. The molecule has 150 valence electrons. The molecule has 28 heavy (non-hydrogen) atoms. The van der Waals surface area contributed by atoms with Crippen LogP contribution in [0.2, 0.25) is 5.02 Å². The molecule has 1 fully saturated rings. The maximum Gasteiger partial charge on any atom is 0.251 e. The van der Waals surface area contributed by atoms with Crippen molar-refractivity contribution in [3.05, 3.63) is 64.7 Å². The standard InChI is InChI=1S/C20H24ClN3O3S/c1-23(2)19(17-9-3-4-10-18(17)21)14-22-20(25)15-7-5-8-16(13-15)24-11-6-12-28(24,26)27/h3-5,7-10,13,19H,6,11-12,14H2,1-2H3,(H,22,25). The second-order valence-electron chi connectivity index (χ2n) is 7.00. The number of hydrogen-bond donors (Lipinski definition) is 1. The number of anilines is 1. The zero-order chi connectivity index (χ0) is 20.3. The second kappa shape index (κ2) is 8.51. The van der Waals surface area contributed by atoms with E-state index in [1.165, 1.54) is 4.31 Å². The van der Waals surface area contributed by atoms with Crippen molar-refractivity contribution in [2.45, 2.75) is 12.5 Å². The van der Waals surface area contributed by atoms with Crippen LogP contribution < -0.4 is 9.62 Å². The highest BCUT2D eigenvalue weighted by Crippen LogP contribution is 2.26. The van der Waals surface area contributed by atoms with Crippen LogP contribution in [0.4, 0.5) is 5.69 Å². The number of likely N-dealkylation sites (N-methyl/N-ethyl adjacent to an activating group) is 1. The number of carbonyl (C=O) groups excluding carboxylic acids is 1. The summed E-state index contributed by atoms with van der Waals surface area (Å²) in [6.45, 7) is 0.824. The number of hydrogen-bond acceptors (Lipinski definition) is 4. The van der Waals surface area contributed by atoms with Crippen LogP contribution in [0.5, 0.6) is 0 Å². The lowest BCUT2D eigenvalue weighted by Gasteiger charge is -2.26. The Bertz CT molecular complexity index is 963. The van der Waals surface area contributed by atoms with E-state index in [1.807, 2.05) is 43.3 Å². The van der Waals surface area contributed by atoms with Gasteiger partial charge in [-0.15, -0.1) is 0 Å². The summed E-state index contributed by atoms with van der Waals surface area (Å²) in [5, 5.41) is 3.59. The van der Waals surface area contributed by atoms with Crippen molar-refractivity contribution in [3.63, 3.8) is 0 Å². The Morgan fingerprint density at radius 3 is 2.61 bits per heavy atom. The summed E-state index contributed by atoms with van der Waals surface area (Å²) in [5.41, 5.74) is 1.89. The maximum atomic E-state index is 12.7. The van der Waals surface area contributed by atoms with E-state index in [9.17, 15) is 13.2 Å². The third-order valence-electron chi connectivity index (χ3n) is 4.84. The van der Waals surface area contributed by atoms with E-state index >= 15 is 0 Å². The van der Waals surface area contributed by atoms with Gasteiger partial charge in [-0.25, -0.2) is 8.42 Å². The molecule has 1 atom stereocenters. The molecule has 1 aliphatic rings. The van der Waals surface area contributed by atoms with Crippen molar-refractivity contribution >= 4 is 33.2 Å². The topological polar surface area (TPSA) is 69.7 Å². The Labute approximate surface area is 171 Å². The minimum Gasteiger partial charge on any atom is -0.350 e. The van der Waals surface area contributed by atoms with Gasteiger partial charge >= 0.3 is 0 Å². The summed E-state index contributed by atoms with van der Waals surface area (Å²) in [6, 6.07) is 14.2. The monoisotopic (exact) mass is 421 g/mol. The average molecular weight is 422 g/mol. The van der Waals surface area contributed by atoms with Crippen molar-refractivity contribution in [3.8, 4) is 0 Å². The Morgan fingerprint density at radius 1 is 1.21 bits per heavy atom. The van der Waals surface area contributed by atoms with Gasteiger partial charge in [0.15, 0.2) is 0 Å². The summed E-state index contributed by atoms with van der Waals surface area (Å²) in [4.78, 5) is 14.7. The van der Waals surface area contributed by atoms with E-state index < -0.39 is 10.0 Å². The van der Waals surface area contributed by atoms with Crippen molar-refractivity contribution in [2.24, 2.45) is 0 Å². The van der Waals surface area contributed by atoms with Crippen LogP contribution in [0.15, 0.2) is 48.5 Å². The highest BCUT2D eigenvalue weighted by molar-refractivity contribution is 7.93. The first-order chi connectivity index (χ1) is 13.3. The molecule has 1 heterocycles. The van der Waals surface area contributed by atoms with Crippen LogP contribution in [0.1, 0.15) is 28.4 Å². The highest BCUT2D eigenvalue weighted by atomic mass is 35.5. The molecule has 1 saturated heterocycles. The lowest BCUT2D eigenvalue weighted by Crippen LogP contribution is -2.34. The Morgan fingerprint density at radius 2 is 1.96 bits per heavy atom. The minimum absolute atomic E-state index is 0.0835. The van der Waals surface area contributed by atoms with Crippen molar-refractivity contribution < 1.29 is 13.2 Å². The molecule has 1 N–H and O–H groups in total. The largest absolute Gasteiger partial charge is 0.350 e. The van der Waals surface area contributed by atoms with Gasteiger partial charge in [-0.1, -0.05) is 35.9 Å². The lowest BCUT2D eigenvalue weighted by atomic mass is 10.1. The Hall–Kier alpha value is -2.09. The first kappa shape index (κ1) is 20.6. The van der Waals surface area contributed by atoms with E-state index in [0.717, 1.165) is 5.56 Å². The van der Waals surface area contributed by atoms with E-state index in [1.54, 1.807) is 24.3 Å². The van der Waals surface area contributed by atoms with Crippen LogP contribution >= 0.6 is 11.6 Å². The number of nitrogens with zero attached hydrogens (tertiary/aromatic N) is 2. The molecule has 1 unspecified atom stereocenters. The van der Waals surface area contributed by atoms with Gasteiger partial charge in [-0.3, -0.25) is 9.10 Å². The molecule has 0 aliphatic carbocycles. The van der Waals surface area contributed by atoms with Crippen LogP contribution in [0.25, 0.3) is 0 Å². The molecule has 1 aliphatic heterocycles. The van der Waals surface area contributed by atoms with E-state index in [-0.39, 0.29) is 17.7 Å². The molecule has 0 spiro atoms. The van der Waals surface area contributed by atoms with Crippen LogP contribution in [0.3, 0.4) is 0 Å². The van der Waals surface area contributed by atoms with Crippen LogP contribution in [-0.4, -0.2) is 52.2 Å². The van der Waals surface area contributed by atoms with Gasteiger partial charge in [-0.2, -0.15) is 0 Å². The summed E-state index contributed by atoms with van der Waals surface area (Å²) in [5.74, 6) is -0.108. The predicted octanol–water partition coefficient (Wildman–Crippen LogP) is 2.91. The fraction of sp³-hybridized carbons (Fsp3) is 0.350. The Balaban J connectivity index is 1.74. The number of rotatable bonds is 6. The van der Waals surface area contributed by atoms with Gasteiger partial charge in [0.2, 0.25) is 10.0 Å². The molecule has 0 radical (unpaired) electrons. The summed E-state index contributed by atoms with van der Waals surface area (Å²) >= 11 is 6.31. The highest BCUT2D eigenvalue weighted by Gasteiger charge is 2.28. The van der Waals surface area contributed by atoms with Crippen molar-refractivity contribution in [1.29, 1.82) is 0 Å². The number of carbonyl (C=O) groups is 1. The van der Waals surface area contributed by atoms with Crippen LogP contribution in [-0.2, 0) is 10.0 Å². The van der Waals surface area contributed by atoms with Gasteiger partial charge in [0.05, 0.1) is 17.5 Å². The molecule has 8 heteroatoms. The molecule has 1 amide bonds. The second-order valence-corrected chi connectivity index (χ2v) is 9.42. The van der Waals surface area contributed by atoms with Gasteiger partial charge in [-0.05, 0) is 50.3 Å². The summed E-state index contributed by atoms with van der Waals surface area (Å²) in [7, 11) is 0.579. The quantitative estimate of drug-likeness (QED) is 0.778. The smallest absolute Gasteiger partial charge is 0.251 e. The zero-order valence-corrected chi connectivity index (χ0v) is 17.5. The zero-order valence-electron chi connectivity index (χ0n) is 15.9. The van der Waals surface area contributed by atoms with Gasteiger partial charge in [0, 0.05) is 23.7 Å². The molecular formula is C20H24ClN3O3S. The van der Waals surface area contributed by atoms with Crippen LogP contribution in [0, 0.1) is 0 Å². The van der Waals surface area contributed by atoms with Gasteiger partial charge in [0.1, 0.15) is 0 Å².